The van der Waals surface area contributed by atoms with Crippen LogP contribution in [-0.4, -0.2) is 39.3 Å². The maximum absolute atomic E-state index is 11.3. The fourth-order valence-electron chi connectivity index (χ4n) is 1.25. The Labute approximate surface area is 101 Å². The van der Waals surface area contributed by atoms with E-state index in [1.807, 2.05) is 0 Å². The molecule has 0 aliphatic carbocycles. The lowest BCUT2D eigenvalue weighted by atomic mass is 10.2. The van der Waals surface area contributed by atoms with E-state index < -0.39 is 12.4 Å². The first-order valence-electron chi connectivity index (χ1n) is 5.13. The highest BCUT2D eigenvalue weighted by Crippen LogP contribution is 2.20. The topological polar surface area (TPSA) is 48.0 Å². The molecule has 0 heterocycles. The molecule has 0 radical (unpaired) electrons. The summed E-state index contributed by atoms with van der Waals surface area (Å²) >= 11 is 0. The lowest BCUT2D eigenvalue weighted by molar-refractivity contribution is -0.106. The Morgan fingerprint density at radius 2 is 1.65 bits per heavy atom. The van der Waals surface area contributed by atoms with Crippen molar-refractivity contribution in [3.63, 3.8) is 0 Å². The third kappa shape index (κ3) is 3.72. The van der Waals surface area contributed by atoms with E-state index in [-0.39, 0.29) is 0 Å². The van der Waals surface area contributed by atoms with E-state index in [2.05, 4.69) is 0 Å². The molecule has 0 bridgehead atoms. The summed E-state index contributed by atoms with van der Waals surface area (Å²) in [6.07, 6.45) is -0.818. The zero-order valence-corrected chi connectivity index (χ0v) is 10.5. The van der Waals surface area contributed by atoms with E-state index in [0.29, 0.717) is 5.75 Å². The van der Waals surface area contributed by atoms with Crippen molar-refractivity contribution >= 4 is 6.09 Å². The predicted octanol–water partition coefficient (Wildman–Crippen LogP) is 2.04. The molecule has 94 valence electrons. The van der Waals surface area contributed by atoms with Crippen LogP contribution in [0.15, 0.2) is 24.3 Å². The van der Waals surface area contributed by atoms with Crippen molar-refractivity contribution in [1.29, 1.82) is 0 Å². The van der Waals surface area contributed by atoms with Crippen molar-refractivity contribution in [3.8, 4) is 5.75 Å². The monoisotopic (exact) mass is 239 g/mol. The minimum atomic E-state index is -0.409. The Morgan fingerprint density at radius 3 is 2.06 bits per heavy atom. The number of carbonyl (C=O) groups excluding carboxylic acids is 1. The molecule has 1 aromatic carbocycles. The van der Waals surface area contributed by atoms with Crippen LogP contribution in [0.2, 0.25) is 0 Å². The van der Waals surface area contributed by atoms with Crippen LogP contribution < -0.4 is 4.74 Å². The summed E-state index contributed by atoms with van der Waals surface area (Å²) in [5, 5.41) is 0. The molecule has 0 fully saturated rings. The minimum absolute atomic E-state index is 0.409. The average Bonchev–Trinajstić information content (AvgIpc) is 2.32. The van der Waals surface area contributed by atoms with Crippen molar-refractivity contribution in [1.82, 2.24) is 4.90 Å². The van der Waals surface area contributed by atoms with Crippen LogP contribution in [0.1, 0.15) is 11.9 Å². The maximum Gasteiger partial charge on any atom is 0.414 e. The van der Waals surface area contributed by atoms with Crippen molar-refractivity contribution in [2.24, 2.45) is 0 Å². The second kappa shape index (κ2) is 6.22. The third-order valence-corrected chi connectivity index (χ3v) is 2.15. The number of methoxy groups -OCH3 is 2. The Hall–Kier alpha value is -1.59. The van der Waals surface area contributed by atoms with Crippen molar-refractivity contribution < 1.29 is 19.0 Å². The molecule has 17 heavy (non-hydrogen) atoms. The normalized spacial score (nSPS) is 10.4. The Bertz CT molecular complexity index is 357. The standard InChI is InChI=1S/C12H17NO4/c1-13(2)12(14)17-10-7-5-9(6-8-10)11(15-3)16-4/h5-8,11H,1-4H3. The number of hydrogen-bond acceptors (Lipinski definition) is 4. The van der Waals surface area contributed by atoms with Crippen molar-refractivity contribution in [3.05, 3.63) is 29.8 Å². The van der Waals surface area contributed by atoms with Gasteiger partial charge in [0.25, 0.3) is 0 Å². The van der Waals surface area contributed by atoms with Gasteiger partial charge < -0.3 is 19.1 Å². The highest BCUT2D eigenvalue weighted by Gasteiger charge is 2.10. The Morgan fingerprint density at radius 1 is 1.12 bits per heavy atom. The fraction of sp³-hybridized carbons (Fsp3) is 0.417. The number of benzene rings is 1. The average molecular weight is 239 g/mol. The van der Waals surface area contributed by atoms with Gasteiger partial charge in [-0.2, -0.15) is 0 Å². The van der Waals surface area contributed by atoms with Crippen molar-refractivity contribution in [2.45, 2.75) is 6.29 Å². The van der Waals surface area contributed by atoms with Crippen LogP contribution in [0.25, 0.3) is 0 Å². The highest BCUT2D eigenvalue weighted by atomic mass is 16.7. The second-order valence-electron chi connectivity index (χ2n) is 3.63. The smallest absolute Gasteiger partial charge is 0.410 e. The largest absolute Gasteiger partial charge is 0.414 e. The van der Waals surface area contributed by atoms with E-state index in [9.17, 15) is 4.79 Å². The quantitative estimate of drug-likeness (QED) is 0.754. The van der Waals surface area contributed by atoms with Gasteiger partial charge in [-0.15, -0.1) is 0 Å². The number of carbonyl (C=O) groups is 1. The summed E-state index contributed by atoms with van der Waals surface area (Å²) in [7, 11) is 6.38. The zero-order chi connectivity index (χ0) is 12.8. The van der Waals surface area contributed by atoms with Crippen LogP contribution in [-0.2, 0) is 9.47 Å². The molecule has 0 saturated carbocycles. The first-order valence-corrected chi connectivity index (χ1v) is 5.13. The van der Waals surface area contributed by atoms with Gasteiger partial charge in [-0.1, -0.05) is 12.1 Å². The van der Waals surface area contributed by atoms with E-state index in [1.54, 1.807) is 52.6 Å². The van der Waals surface area contributed by atoms with Gasteiger partial charge in [0, 0.05) is 33.9 Å². The molecule has 0 spiro atoms. The molecule has 5 heteroatoms. The van der Waals surface area contributed by atoms with Gasteiger partial charge in [0.2, 0.25) is 0 Å². The molecular formula is C12H17NO4. The van der Waals surface area contributed by atoms with Gasteiger partial charge in [-0.25, -0.2) is 4.79 Å². The van der Waals surface area contributed by atoms with Gasteiger partial charge in [-0.05, 0) is 12.1 Å². The fourth-order valence-corrected chi connectivity index (χ4v) is 1.25. The molecule has 1 rings (SSSR count). The van der Waals surface area contributed by atoms with Crippen molar-refractivity contribution in [2.75, 3.05) is 28.3 Å². The van der Waals surface area contributed by atoms with E-state index in [0.717, 1.165) is 5.56 Å². The van der Waals surface area contributed by atoms with Crippen LogP contribution >= 0.6 is 0 Å². The summed E-state index contributed by atoms with van der Waals surface area (Å²) < 4.78 is 15.3. The highest BCUT2D eigenvalue weighted by molar-refractivity contribution is 5.69. The molecule has 0 aromatic heterocycles. The second-order valence-corrected chi connectivity index (χ2v) is 3.63. The summed E-state index contributed by atoms with van der Waals surface area (Å²) in [6.45, 7) is 0. The minimum Gasteiger partial charge on any atom is -0.410 e. The zero-order valence-electron chi connectivity index (χ0n) is 10.5. The maximum atomic E-state index is 11.3. The number of rotatable bonds is 4. The molecule has 0 saturated heterocycles. The predicted molar refractivity (Wildman–Crippen MR) is 62.9 cm³/mol. The molecule has 0 unspecified atom stereocenters. The summed E-state index contributed by atoms with van der Waals surface area (Å²) in [5.74, 6) is 0.485. The molecule has 0 aliphatic heterocycles. The van der Waals surface area contributed by atoms with Gasteiger partial charge in [0.15, 0.2) is 6.29 Å². The van der Waals surface area contributed by atoms with E-state index in [4.69, 9.17) is 14.2 Å². The summed E-state index contributed by atoms with van der Waals surface area (Å²) in [4.78, 5) is 12.7. The Kier molecular flexibility index (Phi) is 4.93. The third-order valence-electron chi connectivity index (χ3n) is 2.15. The first-order chi connectivity index (χ1) is 8.08. The van der Waals surface area contributed by atoms with Crippen LogP contribution in [0, 0.1) is 0 Å². The lowest BCUT2D eigenvalue weighted by Crippen LogP contribution is -2.25. The van der Waals surface area contributed by atoms with Crippen LogP contribution in [0.5, 0.6) is 5.75 Å². The van der Waals surface area contributed by atoms with Gasteiger partial charge in [0.05, 0.1) is 0 Å². The number of nitrogens with zero attached hydrogens (tertiary/aromatic N) is 1. The Balaban J connectivity index is 2.71. The van der Waals surface area contributed by atoms with Gasteiger partial charge in [-0.3, -0.25) is 0 Å². The number of ether oxygens (including phenoxy) is 3. The molecule has 0 aliphatic rings. The van der Waals surface area contributed by atoms with E-state index >= 15 is 0 Å². The van der Waals surface area contributed by atoms with Crippen LogP contribution in [0.4, 0.5) is 4.79 Å². The molecule has 1 amide bonds. The lowest BCUT2D eigenvalue weighted by Gasteiger charge is -2.14. The molecular weight excluding hydrogens is 222 g/mol. The van der Waals surface area contributed by atoms with E-state index in [1.165, 1.54) is 4.90 Å². The molecule has 0 atom stereocenters. The van der Waals surface area contributed by atoms with Gasteiger partial charge >= 0.3 is 6.09 Å². The summed E-state index contributed by atoms with van der Waals surface area (Å²) in [6, 6.07) is 6.97. The van der Waals surface area contributed by atoms with Crippen LogP contribution in [0.3, 0.4) is 0 Å². The molecule has 0 N–H and O–H groups in total. The molecule has 5 nitrogen and oxygen atoms in total. The van der Waals surface area contributed by atoms with Gasteiger partial charge in [0.1, 0.15) is 5.75 Å². The summed E-state index contributed by atoms with van der Waals surface area (Å²) in [5.41, 5.74) is 0.861. The number of amides is 1. The molecule has 1 aromatic rings. The number of hydrogen-bond donors (Lipinski definition) is 0. The SMILES string of the molecule is COC(OC)c1ccc(OC(=O)N(C)C)cc1. The first kappa shape index (κ1) is 13.5.